The van der Waals surface area contributed by atoms with E-state index in [0.717, 1.165) is 18.4 Å². The zero-order valence-corrected chi connectivity index (χ0v) is 12.6. The van der Waals surface area contributed by atoms with Crippen LogP contribution >= 0.6 is 11.6 Å². The van der Waals surface area contributed by atoms with Crippen LogP contribution in [0.25, 0.3) is 0 Å². The minimum atomic E-state index is -3.38. The first-order chi connectivity index (χ1) is 8.43. The van der Waals surface area contributed by atoms with Crippen LogP contribution in [0.2, 0.25) is 0 Å². The molecule has 3 nitrogen and oxygen atoms in total. The topological polar surface area (TPSA) is 37.4 Å². The summed E-state index contributed by atoms with van der Waals surface area (Å²) >= 11 is 5.65. The number of nitrogens with zero attached hydrogens (tertiary/aromatic N) is 1. The van der Waals surface area contributed by atoms with Crippen LogP contribution in [-0.4, -0.2) is 31.7 Å². The second-order valence-electron chi connectivity index (χ2n) is 4.36. The molecule has 1 aromatic carbocycles. The van der Waals surface area contributed by atoms with Gasteiger partial charge in [0.2, 0.25) is 10.0 Å². The SMILES string of the molecule is CCC(C)N(C)S(=O)(=O)c1ccc(CCCl)cc1. The molecule has 0 saturated heterocycles. The number of sulfonamides is 1. The Morgan fingerprint density at radius 3 is 2.28 bits per heavy atom. The highest BCUT2D eigenvalue weighted by Gasteiger charge is 2.24. The van der Waals surface area contributed by atoms with Gasteiger partial charge in [0.15, 0.2) is 0 Å². The molecule has 0 spiro atoms. The van der Waals surface area contributed by atoms with Gasteiger partial charge < -0.3 is 0 Å². The van der Waals surface area contributed by atoms with Gasteiger partial charge in [-0.2, -0.15) is 4.31 Å². The zero-order chi connectivity index (χ0) is 13.8. The van der Waals surface area contributed by atoms with Crippen LogP contribution in [0.5, 0.6) is 0 Å². The molecule has 5 heteroatoms. The highest BCUT2D eigenvalue weighted by atomic mass is 35.5. The smallest absolute Gasteiger partial charge is 0.207 e. The molecule has 0 radical (unpaired) electrons. The third-order valence-electron chi connectivity index (χ3n) is 3.20. The molecule has 0 aliphatic heterocycles. The maximum absolute atomic E-state index is 12.3. The summed E-state index contributed by atoms with van der Waals surface area (Å²) < 4.78 is 26.0. The van der Waals surface area contributed by atoms with Gasteiger partial charge in [-0.1, -0.05) is 19.1 Å². The van der Waals surface area contributed by atoms with Gasteiger partial charge in [-0.15, -0.1) is 11.6 Å². The van der Waals surface area contributed by atoms with E-state index in [2.05, 4.69) is 0 Å². The number of benzene rings is 1. The third-order valence-corrected chi connectivity index (χ3v) is 5.37. The lowest BCUT2D eigenvalue weighted by Crippen LogP contribution is -2.34. The van der Waals surface area contributed by atoms with Crippen molar-refractivity contribution in [2.45, 2.75) is 37.6 Å². The Morgan fingerprint density at radius 2 is 1.83 bits per heavy atom. The summed E-state index contributed by atoms with van der Waals surface area (Å²) in [5, 5.41) is 0. The predicted octanol–water partition coefficient (Wildman–Crippen LogP) is 2.89. The van der Waals surface area contributed by atoms with E-state index in [4.69, 9.17) is 11.6 Å². The van der Waals surface area contributed by atoms with Crippen molar-refractivity contribution in [2.75, 3.05) is 12.9 Å². The molecule has 18 heavy (non-hydrogen) atoms. The molecule has 0 aromatic heterocycles. The Balaban J connectivity index is 2.98. The van der Waals surface area contributed by atoms with E-state index in [1.807, 2.05) is 26.0 Å². The monoisotopic (exact) mass is 289 g/mol. The van der Waals surface area contributed by atoms with Crippen molar-refractivity contribution in [1.29, 1.82) is 0 Å². The number of hydrogen-bond donors (Lipinski definition) is 0. The molecule has 1 atom stereocenters. The van der Waals surface area contributed by atoms with E-state index in [1.54, 1.807) is 19.2 Å². The fourth-order valence-electron chi connectivity index (χ4n) is 1.60. The van der Waals surface area contributed by atoms with Gasteiger partial charge in [0.25, 0.3) is 0 Å². The first-order valence-electron chi connectivity index (χ1n) is 6.06. The molecule has 0 N–H and O–H groups in total. The Hall–Kier alpha value is -0.580. The standard InChI is InChI=1S/C13H20ClNO2S/c1-4-11(2)15(3)18(16,17)13-7-5-12(6-8-13)9-10-14/h5-8,11H,4,9-10H2,1-3H3. The molecule has 0 heterocycles. The molecule has 102 valence electrons. The second-order valence-corrected chi connectivity index (χ2v) is 6.74. The molecular weight excluding hydrogens is 270 g/mol. The van der Waals surface area contributed by atoms with Crippen LogP contribution in [0, 0.1) is 0 Å². The number of rotatable bonds is 6. The lowest BCUT2D eigenvalue weighted by Gasteiger charge is -2.23. The molecule has 1 aromatic rings. The molecule has 0 aliphatic carbocycles. The van der Waals surface area contributed by atoms with Crippen molar-refractivity contribution in [3.8, 4) is 0 Å². The van der Waals surface area contributed by atoms with Crippen molar-refractivity contribution in [3.63, 3.8) is 0 Å². The van der Waals surface area contributed by atoms with Crippen LogP contribution in [0.1, 0.15) is 25.8 Å². The molecular formula is C13H20ClNO2S. The summed E-state index contributed by atoms with van der Waals surface area (Å²) in [5.74, 6) is 0.541. The largest absolute Gasteiger partial charge is 0.243 e. The fraction of sp³-hybridized carbons (Fsp3) is 0.538. The minimum absolute atomic E-state index is 0.00230. The lowest BCUT2D eigenvalue weighted by molar-refractivity contribution is 0.380. The fourth-order valence-corrected chi connectivity index (χ4v) is 3.25. The summed E-state index contributed by atoms with van der Waals surface area (Å²) in [4.78, 5) is 0.337. The highest BCUT2D eigenvalue weighted by Crippen LogP contribution is 2.18. The maximum atomic E-state index is 12.3. The average Bonchev–Trinajstić information content (AvgIpc) is 2.38. The van der Waals surface area contributed by atoms with Gasteiger partial charge in [0.1, 0.15) is 0 Å². The number of halogens is 1. The summed E-state index contributed by atoms with van der Waals surface area (Å²) in [6.07, 6.45) is 1.54. The highest BCUT2D eigenvalue weighted by molar-refractivity contribution is 7.89. The quantitative estimate of drug-likeness (QED) is 0.755. The number of alkyl halides is 1. The first kappa shape index (κ1) is 15.5. The van der Waals surface area contributed by atoms with Gasteiger partial charge >= 0.3 is 0 Å². The number of hydrogen-bond acceptors (Lipinski definition) is 2. The third kappa shape index (κ3) is 3.46. The van der Waals surface area contributed by atoms with Gasteiger partial charge in [-0.25, -0.2) is 8.42 Å². The molecule has 1 unspecified atom stereocenters. The van der Waals surface area contributed by atoms with Crippen LogP contribution < -0.4 is 0 Å². The van der Waals surface area contributed by atoms with Crippen LogP contribution in [-0.2, 0) is 16.4 Å². The van der Waals surface area contributed by atoms with E-state index in [0.29, 0.717) is 10.8 Å². The Morgan fingerprint density at radius 1 is 1.28 bits per heavy atom. The normalized spacial score (nSPS) is 13.8. The lowest BCUT2D eigenvalue weighted by atomic mass is 10.2. The van der Waals surface area contributed by atoms with Crippen LogP contribution in [0.3, 0.4) is 0 Å². The summed E-state index contributed by atoms with van der Waals surface area (Å²) in [7, 11) is -1.76. The molecule has 0 bridgehead atoms. The summed E-state index contributed by atoms with van der Waals surface area (Å²) in [6, 6.07) is 6.93. The average molecular weight is 290 g/mol. The van der Waals surface area contributed by atoms with Crippen molar-refractivity contribution in [2.24, 2.45) is 0 Å². The molecule has 0 amide bonds. The van der Waals surface area contributed by atoms with Crippen molar-refractivity contribution in [3.05, 3.63) is 29.8 Å². The van der Waals surface area contributed by atoms with E-state index in [1.165, 1.54) is 4.31 Å². The van der Waals surface area contributed by atoms with E-state index < -0.39 is 10.0 Å². The minimum Gasteiger partial charge on any atom is -0.207 e. The van der Waals surface area contributed by atoms with Crippen molar-refractivity contribution in [1.82, 2.24) is 4.31 Å². The Kier molecular flexibility index (Phi) is 5.63. The summed E-state index contributed by atoms with van der Waals surface area (Å²) in [6.45, 7) is 3.87. The van der Waals surface area contributed by atoms with E-state index in [-0.39, 0.29) is 6.04 Å². The zero-order valence-electron chi connectivity index (χ0n) is 11.1. The van der Waals surface area contributed by atoms with Crippen molar-refractivity contribution < 1.29 is 8.42 Å². The van der Waals surface area contributed by atoms with Crippen LogP contribution in [0.4, 0.5) is 0 Å². The van der Waals surface area contributed by atoms with Crippen LogP contribution in [0.15, 0.2) is 29.2 Å². The predicted molar refractivity (Wildman–Crippen MR) is 75.6 cm³/mol. The molecule has 1 rings (SSSR count). The molecule has 0 aliphatic rings. The number of aryl methyl sites for hydroxylation is 1. The molecule has 0 fully saturated rings. The maximum Gasteiger partial charge on any atom is 0.243 e. The van der Waals surface area contributed by atoms with Crippen molar-refractivity contribution >= 4 is 21.6 Å². The Labute approximate surface area is 115 Å². The van der Waals surface area contributed by atoms with E-state index >= 15 is 0 Å². The van der Waals surface area contributed by atoms with Gasteiger partial charge in [0, 0.05) is 19.0 Å². The summed E-state index contributed by atoms with van der Waals surface area (Å²) in [5.41, 5.74) is 1.05. The van der Waals surface area contributed by atoms with Gasteiger partial charge in [-0.05, 0) is 37.5 Å². The Bertz CT molecular complexity index is 470. The molecule has 0 saturated carbocycles. The second kappa shape index (κ2) is 6.55. The van der Waals surface area contributed by atoms with Gasteiger partial charge in [0.05, 0.1) is 4.90 Å². The first-order valence-corrected chi connectivity index (χ1v) is 8.03. The van der Waals surface area contributed by atoms with E-state index in [9.17, 15) is 8.42 Å². The van der Waals surface area contributed by atoms with Gasteiger partial charge in [-0.3, -0.25) is 0 Å².